The zero-order chi connectivity index (χ0) is 12.1. The van der Waals surface area contributed by atoms with E-state index in [9.17, 15) is 0 Å². The Morgan fingerprint density at radius 3 is 2.81 bits per heavy atom. The molecule has 0 fully saturated rings. The van der Waals surface area contributed by atoms with Crippen molar-refractivity contribution in [3.05, 3.63) is 16.9 Å². The Balaban J connectivity index is 2.93. The van der Waals surface area contributed by atoms with Crippen molar-refractivity contribution in [3.63, 3.8) is 0 Å². The molecule has 0 saturated carbocycles. The number of aromatic nitrogens is 2. The van der Waals surface area contributed by atoms with Crippen molar-refractivity contribution in [3.8, 4) is 0 Å². The first kappa shape index (κ1) is 13.4. The van der Waals surface area contributed by atoms with E-state index in [1.54, 1.807) is 13.3 Å². The second kappa shape index (κ2) is 6.20. The van der Waals surface area contributed by atoms with Crippen molar-refractivity contribution in [2.75, 3.05) is 13.7 Å². The maximum atomic E-state index is 6.12. The highest BCUT2D eigenvalue weighted by atomic mass is 35.5. The van der Waals surface area contributed by atoms with Crippen LogP contribution in [0.5, 0.6) is 0 Å². The SMILES string of the molecule is COCCC(NN)c1c(Cl)cnn1C(C)C. The van der Waals surface area contributed by atoms with Crippen LogP contribution in [-0.2, 0) is 4.74 Å². The average molecular weight is 247 g/mol. The summed E-state index contributed by atoms with van der Waals surface area (Å²) >= 11 is 6.12. The highest BCUT2D eigenvalue weighted by Gasteiger charge is 2.20. The molecule has 0 aliphatic carbocycles. The van der Waals surface area contributed by atoms with Gasteiger partial charge in [0.25, 0.3) is 0 Å². The molecule has 0 saturated heterocycles. The summed E-state index contributed by atoms with van der Waals surface area (Å²) in [7, 11) is 1.66. The van der Waals surface area contributed by atoms with Crippen LogP contribution in [0.4, 0.5) is 0 Å². The van der Waals surface area contributed by atoms with Crippen LogP contribution in [0.2, 0.25) is 5.02 Å². The predicted octanol–water partition coefficient (Wildman–Crippen LogP) is 1.66. The molecule has 1 unspecified atom stereocenters. The van der Waals surface area contributed by atoms with Gasteiger partial charge < -0.3 is 4.74 Å². The zero-order valence-electron chi connectivity index (χ0n) is 9.90. The fraction of sp³-hybridized carbons (Fsp3) is 0.700. The second-order valence-electron chi connectivity index (χ2n) is 3.92. The topological polar surface area (TPSA) is 65.1 Å². The van der Waals surface area contributed by atoms with Crippen molar-refractivity contribution in [1.29, 1.82) is 0 Å². The van der Waals surface area contributed by atoms with Gasteiger partial charge in [-0.1, -0.05) is 11.6 Å². The molecule has 1 atom stereocenters. The van der Waals surface area contributed by atoms with E-state index in [1.807, 2.05) is 4.68 Å². The molecule has 0 bridgehead atoms. The smallest absolute Gasteiger partial charge is 0.0834 e. The Kier molecular flexibility index (Phi) is 5.21. The summed E-state index contributed by atoms with van der Waals surface area (Å²) in [5.74, 6) is 5.54. The normalized spacial score (nSPS) is 13.4. The lowest BCUT2D eigenvalue weighted by Crippen LogP contribution is -2.31. The maximum Gasteiger partial charge on any atom is 0.0834 e. The minimum Gasteiger partial charge on any atom is -0.385 e. The Morgan fingerprint density at radius 2 is 2.31 bits per heavy atom. The lowest BCUT2D eigenvalue weighted by molar-refractivity contribution is 0.181. The third-order valence-electron chi connectivity index (χ3n) is 2.42. The van der Waals surface area contributed by atoms with Gasteiger partial charge in [-0.2, -0.15) is 5.10 Å². The maximum absolute atomic E-state index is 6.12. The summed E-state index contributed by atoms with van der Waals surface area (Å²) in [5.41, 5.74) is 3.66. The molecule has 92 valence electrons. The fourth-order valence-corrected chi connectivity index (χ4v) is 1.88. The molecule has 1 aromatic heterocycles. The molecule has 0 radical (unpaired) electrons. The van der Waals surface area contributed by atoms with Gasteiger partial charge in [0.05, 0.1) is 23.0 Å². The minimum atomic E-state index is -0.0441. The molecule has 1 rings (SSSR count). The van der Waals surface area contributed by atoms with Crippen LogP contribution in [0, 0.1) is 0 Å². The quantitative estimate of drug-likeness (QED) is 0.592. The summed E-state index contributed by atoms with van der Waals surface area (Å²) in [6.07, 6.45) is 2.40. The van der Waals surface area contributed by atoms with E-state index in [0.717, 1.165) is 12.1 Å². The zero-order valence-corrected chi connectivity index (χ0v) is 10.7. The van der Waals surface area contributed by atoms with Crippen molar-refractivity contribution < 1.29 is 4.74 Å². The Labute approximate surface area is 101 Å². The Morgan fingerprint density at radius 1 is 1.62 bits per heavy atom. The number of hydrogen-bond donors (Lipinski definition) is 2. The van der Waals surface area contributed by atoms with Gasteiger partial charge in [0.15, 0.2) is 0 Å². The van der Waals surface area contributed by atoms with Crippen molar-refractivity contribution in [2.24, 2.45) is 5.84 Å². The summed E-state index contributed by atoms with van der Waals surface area (Å²) < 4.78 is 6.92. The third kappa shape index (κ3) is 2.95. The molecule has 0 aliphatic rings. The molecule has 5 nitrogen and oxygen atoms in total. The van der Waals surface area contributed by atoms with E-state index in [-0.39, 0.29) is 12.1 Å². The molecule has 0 aromatic carbocycles. The molecular weight excluding hydrogens is 228 g/mol. The van der Waals surface area contributed by atoms with Crippen LogP contribution >= 0.6 is 11.6 Å². The van der Waals surface area contributed by atoms with Gasteiger partial charge >= 0.3 is 0 Å². The predicted molar refractivity (Wildman–Crippen MR) is 64.2 cm³/mol. The number of hydrogen-bond acceptors (Lipinski definition) is 4. The van der Waals surface area contributed by atoms with Gasteiger partial charge in [-0.25, -0.2) is 0 Å². The number of methoxy groups -OCH3 is 1. The number of nitrogens with zero attached hydrogens (tertiary/aromatic N) is 2. The fourth-order valence-electron chi connectivity index (χ4n) is 1.62. The molecule has 0 spiro atoms. The molecule has 3 N–H and O–H groups in total. The minimum absolute atomic E-state index is 0.0441. The molecule has 6 heteroatoms. The van der Waals surface area contributed by atoms with Crippen LogP contribution in [0.1, 0.15) is 38.0 Å². The molecule has 0 aliphatic heterocycles. The highest BCUT2D eigenvalue weighted by molar-refractivity contribution is 6.31. The number of halogens is 1. The van der Waals surface area contributed by atoms with Gasteiger partial charge in [0, 0.05) is 19.8 Å². The van der Waals surface area contributed by atoms with Crippen molar-refractivity contribution in [1.82, 2.24) is 15.2 Å². The average Bonchev–Trinajstić information content (AvgIpc) is 2.62. The number of hydrazine groups is 1. The van der Waals surface area contributed by atoms with E-state index in [2.05, 4.69) is 24.4 Å². The van der Waals surface area contributed by atoms with Gasteiger partial charge in [-0.05, 0) is 20.3 Å². The van der Waals surface area contributed by atoms with Crippen LogP contribution in [-0.4, -0.2) is 23.5 Å². The number of rotatable bonds is 6. The second-order valence-corrected chi connectivity index (χ2v) is 4.32. The van der Waals surface area contributed by atoms with Gasteiger partial charge in [-0.3, -0.25) is 16.0 Å². The first-order valence-corrected chi connectivity index (χ1v) is 5.67. The molecule has 16 heavy (non-hydrogen) atoms. The van der Waals surface area contributed by atoms with Crippen LogP contribution in [0.3, 0.4) is 0 Å². The van der Waals surface area contributed by atoms with E-state index >= 15 is 0 Å². The molecule has 1 aromatic rings. The van der Waals surface area contributed by atoms with Gasteiger partial charge in [-0.15, -0.1) is 0 Å². The summed E-state index contributed by atoms with van der Waals surface area (Å²) in [6, 6.07) is 0.207. The van der Waals surface area contributed by atoms with E-state index in [1.165, 1.54) is 0 Å². The highest BCUT2D eigenvalue weighted by Crippen LogP contribution is 2.26. The van der Waals surface area contributed by atoms with Crippen LogP contribution in [0.25, 0.3) is 0 Å². The summed E-state index contributed by atoms with van der Waals surface area (Å²) in [6.45, 7) is 4.72. The summed E-state index contributed by atoms with van der Waals surface area (Å²) in [4.78, 5) is 0. The molecule has 1 heterocycles. The van der Waals surface area contributed by atoms with Crippen molar-refractivity contribution >= 4 is 11.6 Å². The first-order chi connectivity index (χ1) is 7.61. The first-order valence-electron chi connectivity index (χ1n) is 5.29. The number of nitrogens with two attached hydrogens (primary N) is 1. The van der Waals surface area contributed by atoms with E-state index in [4.69, 9.17) is 22.2 Å². The summed E-state index contributed by atoms with van der Waals surface area (Å²) in [5, 5.41) is 4.87. The van der Waals surface area contributed by atoms with Crippen molar-refractivity contribution in [2.45, 2.75) is 32.4 Å². The number of nitrogens with one attached hydrogen (secondary N) is 1. The van der Waals surface area contributed by atoms with E-state index in [0.29, 0.717) is 11.6 Å². The van der Waals surface area contributed by atoms with Gasteiger partial charge in [0.1, 0.15) is 0 Å². The Hall–Kier alpha value is -0.620. The third-order valence-corrected chi connectivity index (χ3v) is 2.71. The van der Waals surface area contributed by atoms with Gasteiger partial charge in [0.2, 0.25) is 0 Å². The van der Waals surface area contributed by atoms with Crippen LogP contribution in [0.15, 0.2) is 6.20 Å². The van der Waals surface area contributed by atoms with Crippen LogP contribution < -0.4 is 11.3 Å². The standard InChI is InChI=1S/C10H19ClN4O/c1-7(2)15-10(8(11)6-13-15)9(14-12)4-5-16-3/h6-7,9,14H,4-5,12H2,1-3H3. The largest absolute Gasteiger partial charge is 0.385 e. The lowest BCUT2D eigenvalue weighted by atomic mass is 10.1. The monoisotopic (exact) mass is 246 g/mol. The van der Waals surface area contributed by atoms with E-state index < -0.39 is 0 Å². The Bertz CT molecular complexity index is 327. The molecular formula is C10H19ClN4O. The molecule has 0 amide bonds. The lowest BCUT2D eigenvalue weighted by Gasteiger charge is -2.19. The number of ether oxygens (including phenoxy) is 1.